The Balaban J connectivity index is 0.000000378. The molecule has 0 aliphatic heterocycles. The molecule has 2 aromatic carbocycles. The molecule has 14 heteroatoms. The summed E-state index contributed by atoms with van der Waals surface area (Å²) < 4.78 is 63.2. The zero-order valence-corrected chi connectivity index (χ0v) is 18.5. The van der Waals surface area contributed by atoms with Gasteiger partial charge in [0.25, 0.3) is 0 Å². The molecule has 0 saturated heterocycles. The first-order chi connectivity index (χ1) is 13.8. The quantitative estimate of drug-likeness (QED) is 0.0960. The second kappa shape index (κ2) is 11.4. The summed E-state index contributed by atoms with van der Waals surface area (Å²) in [5, 5.41) is 6.68. The van der Waals surface area contributed by atoms with Crippen molar-refractivity contribution in [2.45, 2.75) is 6.42 Å². The fourth-order valence-electron chi connectivity index (χ4n) is 2.25. The first kappa shape index (κ1) is 26.0. The Morgan fingerprint density at radius 2 is 1.37 bits per heavy atom. The molecule has 0 amide bonds. The van der Waals surface area contributed by atoms with Crippen LogP contribution in [0.4, 0.5) is 11.4 Å². The predicted molar refractivity (Wildman–Crippen MR) is 119 cm³/mol. The van der Waals surface area contributed by atoms with E-state index >= 15 is 0 Å². The maximum absolute atomic E-state index is 8.74. The van der Waals surface area contributed by atoms with E-state index in [9.17, 15) is 0 Å². The second-order valence-electron chi connectivity index (χ2n) is 5.71. The highest BCUT2D eigenvalue weighted by Crippen LogP contribution is 2.23. The van der Waals surface area contributed by atoms with E-state index in [1.165, 1.54) is 0 Å². The molecule has 0 atom stereocenters. The third-order valence-electron chi connectivity index (χ3n) is 3.28. The van der Waals surface area contributed by atoms with Crippen LogP contribution in [0, 0.1) is 0 Å². The highest BCUT2D eigenvalue weighted by atomic mass is 79.9. The van der Waals surface area contributed by atoms with E-state index in [0.717, 1.165) is 51.5 Å². The van der Waals surface area contributed by atoms with Gasteiger partial charge in [-0.05, 0) is 36.8 Å². The molecule has 1 heterocycles. The standard InChI is InChI=1S/C16H16BrN3.2H2O4S/c17-6-1-7-19-14-5-3-12-8-11-2-4-13(18)9-15(11)20-16(12)10-14;2*1-5(2,3)4/h2-5,8-10,19H,1,6-7,18H2;2*(H2,1,2,3,4). The molecule has 0 fully saturated rings. The molecule has 3 aromatic rings. The van der Waals surface area contributed by atoms with Gasteiger partial charge in [-0.15, -0.1) is 0 Å². The molecule has 0 aliphatic carbocycles. The Morgan fingerprint density at radius 1 is 0.867 bits per heavy atom. The van der Waals surface area contributed by atoms with Gasteiger partial charge in [-0.1, -0.05) is 28.1 Å². The highest BCUT2D eigenvalue weighted by molar-refractivity contribution is 9.09. The Kier molecular flexibility index (Phi) is 9.83. The summed E-state index contributed by atoms with van der Waals surface area (Å²) >= 11 is 3.43. The molecule has 0 aliphatic rings. The van der Waals surface area contributed by atoms with E-state index in [1.54, 1.807) is 0 Å². The zero-order chi connectivity index (χ0) is 22.9. The topological polar surface area (TPSA) is 200 Å². The summed E-state index contributed by atoms with van der Waals surface area (Å²) in [4.78, 5) is 4.70. The van der Waals surface area contributed by atoms with E-state index < -0.39 is 20.8 Å². The molecule has 30 heavy (non-hydrogen) atoms. The summed E-state index contributed by atoms with van der Waals surface area (Å²) in [5.74, 6) is 0. The van der Waals surface area contributed by atoms with Crippen molar-refractivity contribution in [2.24, 2.45) is 0 Å². The fourth-order valence-corrected chi connectivity index (χ4v) is 2.53. The van der Waals surface area contributed by atoms with E-state index in [4.69, 9.17) is 45.8 Å². The van der Waals surface area contributed by atoms with Gasteiger partial charge in [-0.2, -0.15) is 16.8 Å². The third-order valence-corrected chi connectivity index (χ3v) is 3.84. The number of fused-ring (bicyclic) bond motifs is 2. The van der Waals surface area contributed by atoms with E-state index in [-0.39, 0.29) is 0 Å². The van der Waals surface area contributed by atoms with Gasteiger partial charge in [0.2, 0.25) is 0 Å². The van der Waals surface area contributed by atoms with Gasteiger partial charge in [0.1, 0.15) is 0 Å². The number of hydrogen-bond acceptors (Lipinski definition) is 7. The number of benzene rings is 2. The Bertz CT molecular complexity index is 1160. The van der Waals surface area contributed by atoms with Crippen LogP contribution in [0.25, 0.3) is 21.8 Å². The number of nitrogens with two attached hydrogens (primary N) is 1. The van der Waals surface area contributed by atoms with Crippen LogP contribution < -0.4 is 11.1 Å². The van der Waals surface area contributed by atoms with E-state index in [1.807, 2.05) is 18.2 Å². The van der Waals surface area contributed by atoms with Crippen molar-refractivity contribution >= 4 is 69.9 Å². The lowest BCUT2D eigenvalue weighted by Crippen LogP contribution is -2.01. The molecule has 0 saturated carbocycles. The number of alkyl halides is 1. The molecule has 0 radical (unpaired) electrons. The minimum atomic E-state index is -4.67. The summed E-state index contributed by atoms with van der Waals surface area (Å²) in [6, 6.07) is 14.3. The van der Waals surface area contributed by atoms with Gasteiger partial charge >= 0.3 is 20.8 Å². The molecule has 166 valence electrons. The van der Waals surface area contributed by atoms with Crippen molar-refractivity contribution in [2.75, 3.05) is 22.9 Å². The molecule has 11 nitrogen and oxygen atoms in total. The van der Waals surface area contributed by atoms with Gasteiger partial charge in [0.05, 0.1) is 11.0 Å². The highest BCUT2D eigenvalue weighted by Gasteiger charge is 2.02. The average Bonchev–Trinajstić information content (AvgIpc) is 2.57. The van der Waals surface area contributed by atoms with Crippen molar-refractivity contribution in [1.29, 1.82) is 0 Å². The van der Waals surface area contributed by atoms with Crippen LogP contribution in [0.3, 0.4) is 0 Å². The third kappa shape index (κ3) is 11.8. The van der Waals surface area contributed by atoms with E-state index in [0.29, 0.717) is 0 Å². The van der Waals surface area contributed by atoms with Gasteiger partial charge in [0.15, 0.2) is 0 Å². The number of pyridine rings is 1. The van der Waals surface area contributed by atoms with Gasteiger partial charge in [-0.3, -0.25) is 18.2 Å². The average molecular weight is 526 g/mol. The minimum absolute atomic E-state index is 0.746. The number of nitrogens with zero attached hydrogens (tertiary/aromatic N) is 1. The molecule has 0 unspecified atom stereocenters. The van der Waals surface area contributed by atoms with Crippen LogP contribution in [0.15, 0.2) is 42.5 Å². The van der Waals surface area contributed by atoms with Crippen molar-refractivity contribution in [1.82, 2.24) is 4.98 Å². The number of anilines is 2. The molecule has 0 spiro atoms. The lowest BCUT2D eigenvalue weighted by Gasteiger charge is -2.07. The van der Waals surface area contributed by atoms with Crippen LogP contribution in [-0.4, -0.2) is 51.9 Å². The smallest absolute Gasteiger partial charge is 0.394 e. The molecular weight excluding hydrogens is 506 g/mol. The predicted octanol–water partition coefficient (Wildman–Crippen LogP) is 2.86. The molecule has 1 aromatic heterocycles. The summed E-state index contributed by atoms with van der Waals surface area (Å²) in [6.45, 7) is 0.956. The fraction of sp³-hybridized carbons (Fsp3) is 0.188. The van der Waals surface area contributed by atoms with Crippen molar-refractivity contribution in [3.63, 3.8) is 0 Å². The number of nitrogens with one attached hydrogen (secondary N) is 1. The van der Waals surface area contributed by atoms with Crippen molar-refractivity contribution in [3.05, 3.63) is 42.5 Å². The summed E-state index contributed by atoms with van der Waals surface area (Å²) in [7, 11) is -9.33. The number of nitrogen functional groups attached to an aromatic ring is 1. The second-order valence-corrected chi connectivity index (χ2v) is 8.30. The van der Waals surface area contributed by atoms with Crippen molar-refractivity contribution in [3.8, 4) is 0 Å². The van der Waals surface area contributed by atoms with Crippen LogP contribution in [0.2, 0.25) is 0 Å². The zero-order valence-electron chi connectivity index (χ0n) is 15.3. The number of rotatable bonds is 4. The Hall–Kier alpha value is -2.07. The summed E-state index contributed by atoms with van der Waals surface area (Å²) in [6.07, 6.45) is 1.10. The van der Waals surface area contributed by atoms with Crippen LogP contribution >= 0.6 is 15.9 Å². The number of aromatic nitrogens is 1. The molecule has 3 rings (SSSR count). The van der Waals surface area contributed by atoms with Crippen LogP contribution in [0.1, 0.15) is 6.42 Å². The maximum Gasteiger partial charge on any atom is 0.394 e. The minimum Gasteiger partial charge on any atom is -0.399 e. The molecule has 7 N–H and O–H groups in total. The number of halogens is 1. The molecule has 0 bridgehead atoms. The van der Waals surface area contributed by atoms with Crippen LogP contribution in [-0.2, 0) is 20.8 Å². The number of hydrogen-bond donors (Lipinski definition) is 6. The first-order valence-electron chi connectivity index (χ1n) is 8.06. The monoisotopic (exact) mass is 525 g/mol. The lowest BCUT2D eigenvalue weighted by atomic mass is 10.1. The van der Waals surface area contributed by atoms with Gasteiger partial charge < -0.3 is 11.1 Å². The molecular formula is C16H20BrN3O8S2. The first-order valence-corrected chi connectivity index (χ1v) is 12.0. The normalized spacial score (nSPS) is 11.2. The summed E-state index contributed by atoms with van der Waals surface area (Å²) in [5.41, 5.74) is 9.61. The van der Waals surface area contributed by atoms with Crippen molar-refractivity contribution < 1.29 is 35.0 Å². The van der Waals surface area contributed by atoms with Crippen LogP contribution in [0.5, 0.6) is 0 Å². The Morgan fingerprint density at radius 3 is 1.90 bits per heavy atom. The maximum atomic E-state index is 8.74. The lowest BCUT2D eigenvalue weighted by molar-refractivity contribution is 0.378. The Labute approximate surface area is 181 Å². The van der Waals surface area contributed by atoms with Gasteiger partial charge in [-0.25, -0.2) is 4.98 Å². The van der Waals surface area contributed by atoms with E-state index in [2.05, 4.69) is 45.5 Å². The largest absolute Gasteiger partial charge is 0.399 e. The van der Waals surface area contributed by atoms with Gasteiger partial charge in [0, 0.05) is 34.0 Å². The SMILES string of the molecule is Nc1ccc2cc3ccc(NCCCBr)cc3nc2c1.O=S(=O)(O)O.O=S(=O)(O)O.